The number of piperidine rings is 1. The molecule has 2 nitrogen and oxygen atoms in total. The average molecular weight is 234 g/mol. The van der Waals surface area contributed by atoms with E-state index in [0.717, 1.165) is 24.4 Å². The summed E-state index contributed by atoms with van der Waals surface area (Å²) < 4.78 is 0. The van der Waals surface area contributed by atoms with Crippen molar-refractivity contribution in [1.82, 2.24) is 10.2 Å². The topological polar surface area (TPSA) is 15.3 Å². The Bertz CT molecular complexity index is 267. The molecule has 3 atom stereocenters. The van der Waals surface area contributed by atoms with Gasteiger partial charge in [-0.1, -0.05) is 0 Å². The van der Waals surface area contributed by atoms with Crippen LogP contribution >= 0.6 is 0 Å². The van der Waals surface area contributed by atoms with E-state index >= 15 is 0 Å². The average Bonchev–Trinajstić information content (AvgIpc) is 2.56. The largest absolute Gasteiger partial charge is 0.317 e. The Morgan fingerprint density at radius 3 is 2.53 bits per heavy atom. The summed E-state index contributed by atoms with van der Waals surface area (Å²) >= 11 is 0. The molecule has 0 amide bonds. The van der Waals surface area contributed by atoms with Gasteiger partial charge in [-0.05, 0) is 58.5 Å². The van der Waals surface area contributed by atoms with Crippen LogP contribution in [-0.2, 0) is 0 Å². The fraction of sp³-hybridized carbons (Fsp3) is 0.867. The predicted molar refractivity (Wildman–Crippen MR) is 72.8 cm³/mol. The van der Waals surface area contributed by atoms with Crippen LogP contribution in [-0.4, -0.2) is 37.1 Å². The van der Waals surface area contributed by atoms with E-state index in [9.17, 15) is 0 Å². The molecule has 0 aromatic carbocycles. The molecular weight excluding hydrogens is 208 g/mol. The predicted octanol–water partition coefficient (Wildman–Crippen LogP) is 2.25. The lowest BCUT2D eigenvalue weighted by molar-refractivity contribution is 0.111. The smallest absolute Gasteiger partial charge is 0.00989 e. The number of nitrogens with one attached hydrogen (secondary N) is 1. The molecule has 2 heterocycles. The standard InChI is InChI=1S/C15H26N2/c1-4-5-6-7-15(16-2)12-10-13-8-9-14(11-12)17(13)3/h1,12-16H,5-11H2,2-3H3. The summed E-state index contributed by atoms with van der Waals surface area (Å²) in [7, 11) is 4.42. The Kier molecular flexibility index (Phi) is 4.48. The van der Waals surface area contributed by atoms with E-state index in [1.807, 2.05) is 0 Å². The Balaban J connectivity index is 1.86. The van der Waals surface area contributed by atoms with Crippen molar-refractivity contribution in [2.45, 2.75) is 63.1 Å². The first-order valence-corrected chi connectivity index (χ1v) is 7.09. The zero-order valence-electron chi connectivity index (χ0n) is 11.3. The fourth-order valence-corrected chi connectivity index (χ4v) is 3.82. The van der Waals surface area contributed by atoms with Crippen LogP contribution in [0.1, 0.15) is 44.9 Å². The number of hydrogen-bond acceptors (Lipinski definition) is 2. The molecule has 2 fully saturated rings. The molecule has 17 heavy (non-hydrogen) atoms. The zero-order valence-corrected chi connectivity index (χ0v) is 11.3. The maximum absolute atomic E-state index is 5.33. The van der Waals surface area contributed by atoms with Gasteiger partial charge in [-0.25, -0.2) is 0 Å². The molecule has 3 unspecified atom stereocenters. The minimum absolute atomic E-state index is 0.681. The van der Waals surface area contributed by atoms with Crippen LogP contribution in [0.3, 0.4) is 0 Å². The van der Waals surface area contributed by atoms with Gasteiger partial charge in [0.25, 0.3) is 0 Å². The highest BCUT2D eigenvalue weighted by Gasteiger charge is 2.40. The number of hydrogen-bond donors (Lipinski definition) is 1. The SMILES string of the molecule is C#CCCCC(NC)C1CC2CCC(C1)N2C. The van der Waals surface area contributed by atoms with Crippen molar-refractivity contribution in [3.05, 3.63) is 0 Å². The van der Waals surface area contributed by atoms with E-state index in [1.54, 1.807) is 0 Å². The van der Waals surface area contributed by atoms with Crippen molar-refractivity contribution >= 4 is 0 Å². The maximum atomic E-state index is 5.33. The lowest BCUT2D eigenvalue weighted by Gasteiger charge is -2.39. The highest BCUT2D eigenvalue weighted by molar-refractivity contribution is 4.96. The molecule has 2 rings (SSSR count). The fourth-order valence-electron chi connectivity index (χ4n) is 3.82. The number of fused-ring (bicyclic) bond motifs is 2. The minimum Gasteiger partial charge on any atom is -0.317 e. The quantitative estimate of drug-likeness (QED) is 0.580. The number of nitrogens with zero attached hydrogens (tertiary/aromatic N) is 1. The lowest BCUT2D eigenvalue weighted by atomic mass is 9.83. The molecule has 96 valence electrons. The molecular formula is C15H26N2. The molecule has 2 bridgehead atoms. The van der Waals surface area contributed by atoms with Crippen molar-refractivity contribution in [3.8, 4) is 12.3 Å². The van der Waals surface area contributed by atoms with Crippen LogP contribution in [0.2, 0.25) is 0 Å². The second-order valence-electron chi connectivity index (χ2n) is 5.77. The highest BCUT2D eigenvalue weighted by Crippen LogP contribution is 2.39. The molecule has 0 saturated carbocycles. The van der Waals surface area contributed by atoms with Crippen LogP contribution in [0, 0.1) is 18.3 Å². The van der Waals surface area contributed by atoms with Crippen molar-refractivity contribution < 1.29 is 0 Å². The first-order chi connectivity index (χ1) is 8.26. The van der Waals surface area contributed by atoms with E-state index in [1.165, 1.54) is 38.5 Å². The van der Waals surface area contributed by atoms with Gasteiger partial charge in [0.2, 0.25) is 0 Å². The summed E-state index contributed by atoms with van der Waals surface area (Å²) in [6, 6.07) is 2.38. The van der Waals surface area contributed by atoms with E-state index in [4.69, 9.17) is 6.42 Å². The molecule has 0 radical (unpaired) electrons. The van der Waals surface area contributed by atoms with Crippen molar-refractivity contribution in [2.24, 2.45) is 5.92 Å². The van der Waals surface area contributed by atoms with Crippen LogP contribution in [0.4, 0.5) is 0 Å². The second kappa shape index (κ2) is 5.89. The highest BCUT2D eigenvalue weighted by atomic mass is 15.2. The molecule has 2 aliphatic heterocycles. The monoisotopic (exact) mass is 234 g/mol. The van der Waals surface area contributed by atoms with E-state index < -0.39 is 0 Å². The second-order valence-corrected chi connectivity index (χ2v) is 5.77. The van der Waals surface area contributed by atoms with Crippen LogP contribution in [0.25, 0.3) is 0 Å². The van der Waals surface area contributed by atoms with Gasteiger partial charge in [-0.2, -0.15) is 0 Å². The van der Waals surface area contributed by atoms with E-state index in [-0.39, 0.29) is 0 Å². The minimum atomic E-state index is 0.681. The Morgan fingerprint density at radius 1 is 1.35 bits per heavy atom. The zero-order chi connectivity index (χ0) is 12.3. The van der Waals surface area contributed by atoms with Gasteiger partial charge in [-0.3, -0.25) is 0 Å². The molecule has 1 N–H and O–H groups in total. The Morgan fingerprint density at radius 2 is 2.00 bits per heavy atom. The van der Waals surface area contributed by atoms with E-state index in [0.29, 0.717) is 6.04 Å². The van der Waals surface area contributed by atoms with Gasteiger partial charge >= 0.3 is 0 Å². The van der Waals surface area contributed by atoms with Gasteiger partial charge in [0.15, 0.2) is 0 Å². The van der Waals surface area contributed by atoms with Crippen molar-refractivity contribution in [1.29, 1.82) is 0 Å². The third-order valence-electron chi connectivity index (χ3n) is 4.91. The first kappa shape index (κ1) is 12.9. The molecule has 2 aliphatic rings. The van der Waals surface area contributed by atoms with Gasteiger partial charge in [0, 0.05) is 24.5 Å². The molecule has 0 aliphatic carbocycles. The number of unbranched alkanes of at least 4 members (excludes halogenated alkanes) is 1. The summed E-state index contributed by atoms with van der Waals surface area (Å²) in [5.74, 6) is 3.62. The Hall–Kier alpha value is -0.520. The summed E-state index contributed by atoms with van der Waals surface area (Å²) in [5.41, 5.74) is 0. The number of rotatable bonds is 5. The molecule has 0 spiro atoms. The van der Waals surface area contributed by atoms with Gasteiger partial charge in [0.05, 0.1) is 0 Å². The number of terminal acetylenes is 1. The van der Waals surface area contributed by atoms with E-state index in [2.05, 4.69) is 30.2 Å². The van der Waals surface area contributed by atoms with Crippen molar-refractivity contribution in [3.63, 3.8) is 0 Å². The van der Waals surface area contributed by atoms with Gasteiger partial charge in [0.1, 0.15) is 0 Å². The summed E-state index contributed by atoms with van der Waals surface area (Å²) in [4.78, 5) is 2.62. The summed E-state index contributed by atoms with van der Waals surface area (Å²) in [6.07, 6.45) is 14.3. The Labute approximate surface area is 106 Å². The molecule has 2 heteroatoms. The summed E-state index contributed by atoms with van der Waals surface area (Å²) in [6.45, 7) is 0. The normalized spacial score (nSPS) is 34.5. The third-order valence-corrected chi connectivity index (χ3v) is 4.91. The first-order valence-electron chi connectivity index (χ1n) is 7.09. The summed E-state index contributed by atoms with van der Waals surface area (Å²) in [5, 5.41) is 3.53. The van der Waals surface area contributed by atoms with Crippen LogP contribution in [0.15, 0.2) is 0 Å². The maximum Gasteiger partial charge on any atom is 0.00989 e. The molecule has 0 aromatic rings. The third kappa shape index (κ3) is 2.84. The van der Waals surface area contributed by atoms with Crippen LogP contribution in [0.5, 0.6) is 0 Å². The lowest BCUT2D eigenvalue weighted by Crippen LogP contribution is -2.46. The van der Waals surface area contributed by atoms with Crippen molar-refractivity contribution in [2.75, 3.05) is 14.1 Å². The molecule has 0 aromatic heterocycles. The molecule has 2 saturated heterocycles. The van der Waals surface area contributed by atoms with Crippen LogP contribution < -0.4 is 5.32 Å². The van der Waals surface area contributed by atoms with Gasteiger partial charge in [-0.15, -0.1) is 12.3 Å². The van der Waals surface area contributed by atoms with Gasteiger partial charge < -0.3 is 10.2 Å².